The third-order valence-corrected chi connectivity index (χ3v) is 2.77. The van der Waals surface area contributed by atoms with Crippen LogP contribution >= 0.6 is 28.6 Å². The number of hydrogen-bond donors (Lipinski definition) is 0. The summed E-state index contributed by atoms with van der Waals surface area (Å²) in [5.74, 6) is 0. The van der Waals surface area contributed by atoms with Crippen LogP contribution in [0.3, 0.4) is 0 Å². The summed E-state index contributed by atoms with van der Waals surface area (Å²) >= 11 is 10.4. The first-order valence-corrected chi connectivity index (χ1v) is 7.20. The highest BCUT2D eigenvalue weighted by molar-refractivity contribution is 8.05. The minimum atomic E-state index is -3.37. The lowest BCUT2D eigenvalue weighted by Crippen LogP contribution is -2.13. The molecule has 0 aromatic heterocycles. The zero-order valence-electron chi connectivity index (χ0n) is 6.70. The van der Waals surface area contributed by atoms with E-state index in [1.165, 1.54) is 0 Å². The van der Waals surface area contributed by atoms with Gasteiger partial charge in [-0.05, 0) is 42.2 Å². The monoisotopic (exact) mass is 232 g/mol. The Bertz CT molecular complexity index is 193. The molecule has 1 aliphatic rings. The summed E-state index contributed by atoms with van der Waals surface area (Å²) < 4.78 is 20.8. The molecule has 1 unspecified atom stereocenters. The predicted octanol–water partition coefficient (Wildman–Crippen LogP) is 3.16. The van der Waals surface area contributed by atoms with Crippen molar-refractivity contribution in [2.24, 2.45) is 0 Å². The highest BCUT2D eigenvalue weighted by Crippen LogP contribution is 2.57. The molecule has 0 N–H and O–H groups in total. The predicted molar refractivity (Wildman–Crippen MR) is 48.8 cm³/mol. The largest absolute Gasteiger partial charge is 0.380 e. The van der Waals surface area contributed by atoms with Crippen molar-refractivity contribution in [2.45, 2.75) is 32.0 Å². The van der Waals surface area contributed by atoms with Gasteiger partial charge in [0.25, 0.3) is 0 Å². The molecule has 0 aromatic rings. The lowest BCUT2D eigenvalue weighted by atomic mass is 10.2. The summed E-state index contributed by atoms with van der Waals surface area (Å²) in [5.41, 5.74) is 0. The van der Waals surface area contributed by atoms with Crippen LogP contribution in [-0.2, 0) is 13.8 Å². The average Bonchev–Trinajstić information content (AvgIpc) is 2.30. The van der Waals surface area contributed by atoms with E-state index in [2.05, 4.69) is 0 Å². The second-order valence-corrected chi connectivity index (χ2v) is 7.13. The average molecular weight is 233 g/mol. The minimum Gasteiger partial charge on any atom is -0.373 e. The van der Waals surface area contributed by atoms with Gasteiger partial charge in [0.05, 0.1) is 18.8 Å². The topological polar surface area (TPSA) is 35.5 Å². The van der Waals surface area contributed by atoms with Gasteiger partial charge in [-0.1, -0.05) is 0 Å². The maximum absolute atomic E-state index is 10.7. The minimum absolute atomic E-state index is 0.00850. The van der Waals surface area contributed by atoms with E-state index >= 15 is 0 Å². The molecule has 3 nitrogen and oxygen atoms in total. The lowest BCUT2D eigenvalue weighted by Gasteiger charge is -2.11. The summed E-state index contributed by atoms with van der Waals surface area (Å²) in [6, 6.07) is 0. The zero-order chi connectivity index (χ0) is 9.19. The summed E-state index contributed by atoms with van der Waals surface area (Å²) in [6.45, 7) is 2.20. The molecule has 6 heteroatoms. The summed E-state index contributed by atoms with van der Waals surface area (Å²) in [6.07, 6.45) is -1.21. The van der Waals surface area contributed by atoms with Gasteiger partial charge >= 0.3 is 6.07 Å². The van der Waals surface area contributed by atoms with Crippen LogP contribution in [-0.4, -0.2) is 18.8 Å². The highest BCUT2D eigenvalue weighted by Gasteiger charge is 2.25. The van der Waals surface area contributed by atoms with Crippen LogP contribution in [0.5, 0.6) is 0 Å². The Kier molecular flexibility index (Phi) is 3.87. The first-order valence-electron chi connectivity index (χ1n) is 3.77. The zero-order valence-corrected chi connectivity index (χ0v) is 9.11. The molecular formula is C6H11Cl2O3P. The van der Waals surface area contributed by atoms with Crippen molar-refractivity contribution >= 4 is 28.6 Å². The maximum Gasteiger partial charge on any atom is 0.380 e. The van der Waals surface area contributed by atoms with Crippen LogP contribution in [0.4, 0.5) is 0 Å². The van der Waals surface area contributed by atoms with Crippen LogP contribution in [0.2, 0.25) is 0 Å². The second kappa shape index (κ2) is 4.30. The number of halogens is 2. The molecular weight excluding hydrogens is 222 g/mol. The van der Waals surface area contributed by atoms with Gasteiger partial charge in [-0.3, -0.25) is 4.57 Å². The van der Waals surface area contributed by atoms with E-state index in [1.54, 1.807) is 0 Å². The third-order valence-electron chi connectivity index (χ3n) is 1.73. The van der Waals surface area contributed by atoms with Gasteiger partial charge < -0.3 is 9.26 Å². The van der Waals surface area contributed by atoms with E-state index in [0.29, 0.717) is 0 Å². The Labute approximate surface area is 81.4 Å². The number of ether oxygens (including phenoxy) is 1. The number of hydrogen-bond acceptors (Lipinski definition) is 3. The van der Waals surface area contributed by atoms with Crippen LogP contribution in [0.15, 0.2) is 0 Å². The molecule has 0 bridgehead atoms. The molecule has 0 aromatic carbocycles. The van der Waals surface area contributed by atoms with Gasteiger partial charge in [-0.15, -0.1) is 0 Å². The molecule has 1 heterocycles. The summed E-state index contributed by atoms with van der Waals surface area (Å²) in [4.78, 5) is 0. The van der Waals surface area contributed by atoms with E-state index in [1.807, 2.05) is 6.92 Å². The van der Waals surface area contributed by atoms with E-state index in [0.717, 1.165) is 12.8 Å². The van der Waals surface area contributed by atoms with Crippen molar-refractivity contribution in [2.75, 3.05) is 6.61 Å². The Balaban J connectivity index is 2.21. The first-order chi connectivity index (χ1) is 5.47. The second-order valence-electron chi connectivity index (χ2n) is 2.86. The van der Waals surface area contributed by atoms with Gasteiger partial charge in [-0.25, -0.2) is 0 Å². The van der Waals surface area contributed by atoms with Crippen molar-refractivity contribution in [1.29, 1.82) is 0 Å². The third kappa shape index (κ3) is 4.11. The fraction of sp³-hybridized carbons (Fsp3) is 1.00. The van der Waals surface area contributed by atoms with Crippen LogP contribution < -0.4 is 0 Å². The van der Waals surface area contributed by atoms with E-state index < -0.39 is 6.07 Å². The van der Waals surface area contributed by atoms with Crippen molar-refractivity contribution in [3.05, 3.63) is 0 Å². The van der Waals surface area contributed by atoms with E-state index in [9.17, 15) is 4.57 Å². The van der Waals surface area contributed by atoms with Crippen LogP contribution in [0, 0.1) is 0 Å². The molecule has 0 aliphatic carbocycles. The molecule has 12 heavy (non-hydrogen) atoms. The van der Waals surface area contributed by atoms with E-state index in [-0.39, 0.29) is 18.8 Å². The van der Waals surface area contributed by atoms with Crippen molar-refractivity contribution < 1.29 is 13.8 Å². The smallest absolute Gasteiger partial charge is 0.373 e. The number of rotatable bonds is 3. The van der Waals surface area contributed by atoms with Crippen molar-refractivity contribution in [3.8, 4) is 0 Å². The Morgan fingerprint density at radius 1 is 1.58 bits per heavy atom. The molecule has 1 aliphatic heterocycles. The SMILES string of the molecule is CC1CC[C@@H](COP(=O)(Cl)Cl)O1. The Hall–Kier alpha value is 0.730. The molecule has 1 saturated heterocycles. The summed E-state index contributed by atoms with van der Waals surface area (Å²) in [5, 5.41) is 0. The molecule has 72 valence electrons. The normalized spacial score (nSPS) is 30.9. The lowest BCUT2D eigenvalue weighted by molar-refractivity contribution is 0.0285. The molecule has 0 saturated carbocycles. The quantitative estimate of drug-likeness (QED) is 0.702. The molecule has 1 rings (SSSR count). The van der Waals surface area contributed by atoms with Gasteiger partial charge in [0.2, 0.25) is 0 Å². The Morgan fingerprint density at radius 2 is 2.25 bits per heavy atom. The van der Waals surface area contributed by atoms with Crippen LogP contribution in [0.1, 0.15) is 19.8 Å². The van der Waals surface area contributed by atoms with Gasteiger partial charge in [0, 0.05) is 0 Å². The van der Waals surface area contributed by atoms with Gasteiger partial charge in [0.15, 0.2) is 0 Å². The maximum atomic E-state index is 10.7. The van der Waals surface area contributed by atoms with Crippen molar-refractivity contribution in [1.82, 2.24) is 0 Å². The van der Waals surface area contributed by atoms with Crippen LogP contribution in [0.25, 0.3) is 0 Å². The molecule has 2 atom stereocenters. The Morgan fingerprint density at radius 3 is 2.67 bits per heavy atom. The molecule has 1 fully saturated rings. The molecule has 0 spiro atoms. The van der Waals surface area contributed by atoms with Crippen molar-refractivity contribution in [3.63, 3.8) is 0 Å². The van der Waals surface area contributed by atoms with Gasteiger partial charge in [0.1, 0.15) is 0 Å². The molecule has 0 amide bonds. The first kappa shape index (κ1) is 10.8. The van der Waals surface area contributed by atoms with Gasteiger partial charge in [-0.2, -0.15) is 0 Å². The fourth-order valence-corrected chi connectivity index (χ4v) is 1.86. The molecule has 0 radical (unpaired) electrons. The van der Waals surface area contributed by atoms with E-state index in [4.69, 9.17) is 31.7 Å². The summed E-state index contributed by atoms with van der Waals surface area (Å²) in [7, 11) is 0. The fourth-order valence-electron chi connectivity index (χ4n) is 1.18. The standard InChI is InChI=1S/C6H11Cl2O3P/c1-5-2-3-6(11-5)4-10-12(7,8)9/h5-6H,2-4H2,1H3/t5?,6-/m0/s1. The highest BCUT2D eigenvalue weighted by atomic mass is 35.9.